The molecule has 0 radical (unpaired) electrons. The van der Waals surface area contributed by atoms with E-state index in [0.717, 1.165) is 19.0 Å². The van der Waals surface area contributed by atoms with E-state index in [1.54, 1.807) is 0 Å². The van der Waals surface area contributed by atoms with Crippen molar-refractivity contribution in [1.29, 1.82) is 0 Å². The Kier molecular flexibility index (Phi) is 3.80. The van der Waals surface area contributed by atoms with Crippen LogP contribution in [0.2, 0.25) is 0 Å². The fourth-order valence-corrected chi connectivity index (χ4v) is 1.25. The van der Waals surface area contributed by atoms with Crippen molar-refractivity contribution < 1.29 is 0 Å². The first-order valence-electron chi connectivity index (χ1n) is 5.02. The van der Waals surface area contributed by atoms with Crippen LogP contribution in [0.5, 0.6) is 0 Å². The van der Waals surface area contributed by atoms with Crippen molar-refractivity contribution in [3.8, 4) is 0 Å². The second-order valence-electron chi connectivity index (χ2n) is 3.45. The van der Waals surface area contributed by atoms with Crippen LogP contribution in [0.15, 0.2) is 12.4 Å². The molecule has 0 aliphatic rings. The van der Waals surface area contributed by atoms with Crippen molar-refractivity contribution in [2.24, 2.45) is 5.92 Å². The Morgan fingerprint density at radius 3 is 2.92 bits per heavy atom. The van der Waals surface area contributed by atoms with Gasteiger partial charge in [0.25, 0.3) is 0 Å². The maximum Gasteiger partial charge on any atom is 0.202 e. The highest BCUT2D eigenvalue weighted by Gasteiger charge is 2.04. The van der Waals surface area contributed by atoms with Gasteiger partial charge in [-0.05, 0) is 12.8 Å². The number of aromatic nitrogens is 2. The third-order valence-corrected chi connectivity index (χ3v) is 2.26. The van der Waals surface area contributed by atoms with Crippen LogP contribution < -0.4 is 5.32 Å². The first-order chi connectivity index (χ1) is 6.27. The summed E-state index contributed by atoms with van der Waals surface area (Å²) in [6, 6.07) is 0. The average Bonchev–Trinajstić information content (AvgIpc) is 2.54. The molecule has 0 saturated heterocycles. The molecule has 13 heavy (non-hydrogen) atoms. The molecule has 1 heterocycles. The second kappa shape index (κ2) is 4.90. The Morgan fingerprint density at radius 1 is 1.54 bits per heavy atom. The predicted molar refractivity (Wildman–Crippen MR) is 55.8 cm³/mol. The topological polar surface area (TPSA) is 29.9 Å². The van der Waals surface area contributed by atoms with Gasteiger partial charge in [-0.15, -0.1) is 0 Å². The fraction of sp³-hybridized carbons (Fsp3) is 0.700. The largest absolute Gasteiger partial charge is 0.356 e. The maximum atomic E-state index is 4.25. The van der Waals surface area contributed by atoms with Crippen LogP contribution >= 0.6 is 0 Å². The van der Waals surface area contributed by atoms with Gasteiger partial charge in [0.15, 0.2) is 0 Å². The van der Waals surface area contributed by atoms with Crippen LogP contribution in [-0.4, -0.2) is 16.1 Å². The zero-order valence-corrected chi connectivity index (χ0v) is 8.75. The lowest BCUT2D eigenvalue weighted by Gasteiger charge is -2.12. The molecule has 1 aromatic rings. The van der Waals surface area contributed by atoms with E-state index in [2.05, 4.69) is 35.6 Å². The van der Waals surface area contributed by atoms with Crippen LogP contribution in [0.1, 0.15) is 27.2 Å². The maximum absolute atomic E-state index is 4.25. The summed E-state index contributed by atoms with van der Waals surface area (Å²) in [5, 5.41) is 3.24. The molecule has 0 aliphatic heterocycles. The average molecular weight is 181 g/mol. The molecule has 0 fully saturated rings. The molecule has 0 spiro atoms. The summed E-state index contributed by atoms with van der Waals surface area (Å²) in [7, 11) is 0. The quantitative estimate of drug-likeness (QED) is 0.755. The van der Waals surface area contributed by atoms with Crippen LogP contribution in [0.4, 0.5) is 5.95 Å². The molecule has 0 bridgehead atoms. The van der Waals surface area contributed by atoms with E-state index in [-0.39, 0.29) is 0 Å². The number of nitrogens with one attached hydrogen (secondary N) is 1. The molecular formula is C10H19N3. The molecule has 1 rings (SSSR count). The van der Waals surface area contributed by atoms with E-state index in [4.69, 9.17) is 0 Å². The van der Waals surface area contributed by atoms with Gasteiger partial charge < -0.3 is 9.88 Å². The van der Waals surface area contributed by atoms with Crippen molar-refractivity contribution in [3.63, 3.8) is 0 Å². The fourth-order valence-electron chi connectivity index (χ4n) is 1.25. The van der Waals surface area contributed by atoms with E-state index >= 15 is 0 Å². The zero-order valence-electron chi connectivity index (χ0n) is 8.75. The lowest BCUT2D eigenvalue weighted by molar-refractivity contribution is 0.471. The van der Waals surface area contributed by atoms with Gasteiger partial charge in [-0.3, -0.25) is 0 Å². The number of hydrogen-bond acceptors (Lipinski definition) is 2. The smallest absolute Gasteiger partial charge is 0.202 e. The van der Waals surface area contributed by atoms with Gasteiger partial charge in [0.05, 0.1) is 0 Å². The number of imidazole rings is 1. The monoisotopic (exact) mass is 181 g/mol. The summed E-state index contributed by atoms with van der Waals surface area (Å²) in [5.74, 6) is 1.70. The highest BCUT2D eigenvalue weighted by Crippen LogP contribution is 2.10. The Labute approximate surface area is 80.2 Å². The summed E-state index contributed by atoms with van der Waals surface area (Å²) in [6.07, 6.45) is 5.09. The molecule has 3 heteroatoms. The standard InChI is InChI=1S/C10H19N3/c1-4-9(3)8-13-7-6-12-10(13)11-5-2/h6-7,9H,4-5,8H2,1-3H3,(H,11,12). The molecule has 1 unspecified atom stereocenters. The van der Waals surface area contributed by atoms with E-state index in [9.17, 15) is 0 Å². The number of rotatable bonds is 5. The summed E-state index contributed by atoms with van der Waals surface area (Å²) >= 11 is 0. The number of nitrogens with zero attached hydrogens (tertiary/aromatic N) is 2. The van der Waals surface area contributed by atoms with E-state index in [1.807, 2.05) is 12.4 Å². The van der Waals surface area contributed by atoms with Gasteiger partial charge in [0.1, 0.15) is 0 Å². The molecule has 1 aromatic heterocycles. The summed E-state index contributed by atoms with van der Waals surface area (Å²) < 4.78 is 2.18. The highest BCUT2D eigenvalue weighted by atomic mass is 15.2. The third-order valence-electron chi connectivity index (χ3n) is 2.26. The molecule has 1 N–H and O–H groups in total. The summed E-state index contributed by atoms with van der Waals surface area (Å²) in [4.78, 5) is 4.25. The van der Waals surface area contributed by atoms with Crippen molar-refractivity contribution in [2.75, 3.05) is 11.9 Å². The molecule has 1 atom stereocenters. The lowest BCUT2D eigenvalue weighted by Crippen LogP contribution is -2.10. The van der Waals surface area contributed by atoms with Crippen LogP contribution in [0.3, 0.4) is 0 Å². The Bertz CT molecular complexity index is 242. The van der Waals surface area contributed by atoms with Crippen LogP contribution in [0.25, 0.3) is 0 Å². The Morgan fingerprint density at radius 2 is 2.31 bits per heavy atom. The first-order valence-corrected chi connectivity index (χ1v) is 5.02. The normalized spacial score (nSPS) is 12.8. The van der Waals surface area contributed by atoms with Gasteiger partial charge >= 0.3 is 0 Å². The van der Waals surface area contributed by atoms with E-state index in [0.29, 0.717) is 5.92 Å². The van der Waals surface area contributed by atoms with Gasteiger partial charge in [0.2, 0.25) is 5.95 Å². The molecule has 74 valence electrons. The predicted octanol–water partition coefficient (Wildman–Crippen LogP) is 2.36. The van der Waals surface area contributed by atoms with Gasteiger partial charge in [-0.1, -0.05) is 20.3 Å². The van der Waals surface area contributed by atoms with Gasteiger partial charge in [-0.25, -0.2) is 4.98 Å². The first kappa shape index (κ1) is 10.1. The van der Waals surface area contributed by atoms with Gasteiger partial charge in [0, 0.05) is 25.5 Å². The second-order valence-corrected chi connectivity index (χ2v) is 3.45. The van der Waals surface area contributed by atoms with Gasteiger partial charge in [-0.2, -0.15) is 0 Å². The minimum atomic E-state index is 0.714. The van der Waals surface area contributed by atoms with Crippen molar-refractivity contribution in [3.05, 3.63) is 12.4 Å². The molecule has 0 aliphatic carbocycles. The molecule has 0 amide bonds. The van der Waals surface area contributed by atoms with Crippen molar-refractivity contribution in [1.82, 2.24) is 9.55 Å². The molecular weight excluding hydrogens is 162 g/mol. The van der Waals surface area contributed by atoms with Crippen LogP contribution in [-0.2, 0) is 6.54 Å². The highest BCUT2D eigenvalue weighted by molar-refractivity contribution is 5.25. The molecule has 0 saturated carbocycles. The minimum absolute atomic E-state index is 0.714. The van der Waals surface area contributed by atoms with Crippen molar-refractivity contribution in [2.45, 2.75) is 33.7 Å². The minimum Gasteiger partial charge on any atom is -0.356 e. The SMILES string of the molecule is CCNc1nccn1CC(C)CC. The Balaban J connectivity index is 2.59. The van der Waals surface area contributed by atoms with Crippen molar-refractivity contribution >= 4 is 5.95 Å². The van der Waals surface area contributed by atoms with Crippen LogP contribution in [0, 0.1) is 5.92 Å². The lowest BCUT2D eigenvalue weighted by atomic mass is 10.1. The summed E-state index contributed by atoms with van der Waals surface area (Å²) in [5.41, 5.74) is 0. The zero-order chi connectivity index (χ0) is 9.68. The Hall–Kier alpha value is -0.990. The molecule has 3 nitrogen and oxygen atoms in total. The third kappa shape index (κ3) is 2.76. The summed E-state index contributed by atoms with van der Waals surface area (Å²) in [6.45, 7) is 8.54. The number of hydrogen-bond donors (Lipinski definition) is 1. The van der Waals surface area contributed by atoms with E-state index in [1.165, 1.54) is 6.42 Å². The van der Waals surface area contributed by atoms with E-state index < -0.39 is 0 Å². The molecule has 0 aromatic carbocycles. The number of anilines is 1.